The summed E-state index contributed by atoms with van der Waals surface area (Å²) >= 11 is 0. The highest BCUT2D eigenvalue weighted by Crippen LogP contribution is 2.17. The van der Waals surface area contributed by atoms with Crippen LogP contribution in [0.15, 0.2) is 30.9 Å². The normalized spacial score (nSPS) is 10.5. The zero-order valence-corrected chi connectivity index (χ0v) is 7.23. The van der Waals surface area contributed by atoms with Gasteiger partial charge in [-0.25, -0.2) is 4.98 Å². The number of nitrogens with zero attached hydrogens (tertiary/aromatic N) is 3. The Hall–Kier alpha value is -1.51. The molecule has 0 unspecified atom stereocenters. The van der Waals surface area contributed by atoms with Crippen molar-refractivity contribution in [2.24, 2.45) is 0 Å². The standard InChI is InChI=1S/C9H11N3/c1-11(2)9-6-10-7-12-5-3-4-8(9)12/h3-7H,1-2H3. The second-order valence-electron chi connectivity index (χ2n) is 2.97. The lowest BCUT2D eigenvalue weighted by Crippen LogP contribution is -2.10. The van der Waals surface area contributed by atoms with Crippen molar-refractivity contribution in [3.8, 4) is 0 Å². The van der Waals surface area contributed by atoms with E-state index >= 15 is 0 Å². The molecule has 0 saturated carbocycles. The van der Waals surface area contributed by atoms with E-state index in [1.807, 2.05) is 43.3 Å². The molecule has 0 spiro atoms. The van der Waals surface area contributed by atoms with E-state index in [0.29, 0.717) is 0 Å². The molecule has 3 nitrogen and oxygen atoms in total. The van der Waals surface area contributed by atoms with Gasteiger partial charge in [-0.2, -0.15) is 0 Å². The number of fused-ring (bicyclic) bond motifs is 1. The molecule has 3 heteroatoms. The molecule has 0 bridgehead atoms. The minimum absolute atomic E-state index is 1.14. The summed E-state index contributed by atoms with van der Waals surface area (Å²) in [6.45, 7) is 0. The molecular formula is C9H11N3. The zero-order valence-electron chi connectivity index (χ0n) is 7.23. The van der Waals surface area contributed by atoms with Gasteiger partial charge in [0.1, 0.15) is 0 Å². The molecule has 0 saturated heterocycles. The zero-order chi connectivity index (χ0) is 8.55. The summed E-state index contributed by atoms with van der Waals surface area (Å²) in [5.74, 6) is 0. The van der Waals surface area contributed by atoms with Crippen LogP contribution >= 0.6 is 0 Å². The van der Waals surface area contributed by atoms with Crippen molar-refractivity contribution in [2.75, 3.05) is 19.0 Å². The van der Waals surface area contributed by atoms with Gasteiger partial charge in [-0.3, -0.25) is 0 Å². The minimum atomic E-state index is 1.14. The Morgan fingerprint density at radius 3 is 3.00 bits per heavy atom. The fourth-order valence-corrected chi connectivity index (χ4v) is 1.30. The summed E-state index contributed by atoms with van der Waals surface area (Å²) in [4.78, 5) is 6.19. The Morgan fingerprint density at radius 2 is 2.25 bits per heavy atom. The summed E-state index contributed by atoms with van der Waals surface area (Å²) in [5.41, 5.74) is 2.33. The van der Waals surface area contributed by atoms with Gasteiger partial charge in [0.05, 0.1) is 23.7 Å². The Labute approximate surface area is 71.3 Å². The lowest BCUT2D eigenvalue weighted by Gasteiger charge is -2.12. The van der Waals surface area contributed by atoms with Crippen LogP contribution < -0.4 is 4.90 Å². The molecule has 2 rings (SSSR count). The largest absolute Gasteiger partial charge is 0.375 e. The predicted octanol–water partition coefficient (Wildman–Crippen LogP) is 1.40. The van der Waals surface area contributed by atoms with Gasteiger partial charge in [-0.05, 0) is 12.1 Å². The average molecular weight is 161 g/mol. The molecule has 0 atom stereocenters. The van der Waals surface area contributed by atoms with Crippen molar-refractivity contribution in [1.82, 2.24) is 9.38 Å². The van der Waals surface area contributed by atoms with Crippen LogP contribution in [0, 0.1) is 0 Å². The maximum Gasteiger partial charge on any atom is 0.0992 e. The SMILES string of the molecule is CN(C)c1cncn2cccc12. The molecule has 0 aliphatic heterocycles. The first kappa shape index (κ1) is 7.16. The van der Waals surface area contributed by atoms with Gasteiger partial charge in [0.25, 0.3) is 0 Å². The van der Waals surface area contributed by atoms with Crippen LogP contribution in [-0.2, 0) is 0 Å². The number of aromatic nitrogens is 2. The maximum absolute atomic E-state index is 4.13. The van der Waals surface area contributed by atoms with Crippen LogP contribution in [-0.4, -0.2) is 23.5 Å². The summed E-state index contributed by atoms with van der Waals surface area (Å²) in [5, 5.41) is 0. The maximum atomic E-state index is 4.13. The summed E-state index contributed by atoms with van der Waals surface area (Å²) in [6, 6.07) is 4.10. The third-order valence-electron chi connectivity index (χ3n) is 1.91. The molecular weight excluding hydrogens is 150 g/mol. The van der Waals surface area contributed by atoms with Crippen LogP contribution in [0.1, 0.15) is 0 Å². The van der Waals surface area contributed by atoms with E-state index in [1.54, 1.807) is 0 Å². The van der Waals surface area contributed by atoms with Crippen LogP contribution in [0.25, 0.3) is 5.52 Å². The quantitative estimate of drug-likeness (QED) is 0.630. The molecule has 0 N–H and O–H groups in total. The second kappa shape index (κ2) is 2.52. The van der Waals surface area contributed by atoms with Crippen LogP contribution in [0.3, 0.4) is 0 Å². The Balaban J connectivity index is 2.73. The van der Waals surface area contributed by atoms with Crippen molar-refractivity contribution < 1.29 is 0 Å². The van der Waals surface area contributed by atoms with Gasteiger partial charge in [-0.15, -0.1) is 0 Å². The number of hydrogen-bond acceptors (Lipinski definition) is 2. The van der Waals surface area contributed by atoms with Gasteiger partial charge in [-0.1, -0.05) is 0 Å². The summed E-state index contributed by atoms with van der Waals surface area (Å²) in [6.07, 6.45) is 5.67. The van der Waals surface area contributed by atoms with Crippen molar-refractivity contribution in [1.29, 1.82) is 0 Å². The second-order valence-corrected chi connectivity index (χ2v) is 2.97. The summed E-state index contributed by atoms with van der Waals surface area (Å²) in [7, 11) is 4.04. The molecule has 0 aliphatic rings. The molecule has 2 heterocycles. The number of rotatable bonds is 1. The molecule has 12 heavy (non-hydrogen) atoms. The highest BCUT2D eigenvalue weighted by Gasteiger charge is 2.01. The first-order valence-corrected chi connectivity index (χ1v) is 3.87. The highest BCUT2D eigenvalue weighted by molar-refractivity contribution is 5.71. The van der Waals surface area contributed by atoms with Crippen molar-refractivity contribution in [2.45, 2.75) is 0 Å². The summed E-state index contributed by atoms with van der Waals surface area (Å²) < 4.78 is 2.01. The van der Waals surface area contributed by atoms with Crippen LogP contribution in [0.4, 0.5) is 5.69 Å². The third-order valence-corrected chi connectivity index (χ3v) is 1.91. The molecule has 2 aromatic heterocycles. The molecule has 0 aromatic carbocycles. The molecule has 0 aliphatic carbocycles. The third kappa shape index (κ3) is 0.942. The van der Waals surface area contributed by atoms with Gasteiger partial charge >= 0.3 is 0 Å². The first-order chi connectivity index (χ1) is 5.79. The van der Waals surface area contributed by atoms with E-state index in [-0.39, 0.29) is 0 Å². The lowest BCUT2D eigenvalue weighted by atomic mass is 10.4. The van der Waals surface area contributed by atoms with E-state index in [4.69, 9.17) is 0 Å². The smallest absolute Gasteiger partial charge is 0.0992 e. The Bertz CT molecular complexity index is 389. The fraction of sp³-hybridized carbons (Fsp3) is 0.222. The number of hydrogen-bond donors (Lipinski definition) is 0. The molecule has 62 valence electrons. The van der Waals surface area contributed by atoms with Crippen molar-refractivity contribution in [3.63, 3.8) is 0 Å². The van der Waals surface area contributed by atoms with E-state index in [0.717, 1.165) is 5.69 Å². The van der Waals surface area contributed by atoms with Gasteiger partial charge in [0.2, 0.25) is 0 Å². The average Bonchev–Trinajstić information content (AvgIpc) is 2.49. The molecule has 0 fully saturated rings. The minimum Gasteiger partial charge on any atom is -0.375 e. The van der Waals surface area contributed by atoms with E-state index < -0.39 is 0 Å². The van der Waals surface area contributed by atoms with Crippen molar-refractivity contribution >= 4 is 11.2 Å². The van der Waals surface area contributed by atoms with Crippen LogP contribution in [0.2, 0.25) is 0 Å². The molecule has 2 aromatic rings. The first-order valence-electron chi connectivity index (χ1n) is 3.87. The molecule has 0 amide bonds. The molecule has 0 radical (unpaired) electrons. The van der Waals surface area contributed by atoms with E-state index in [9.17, 15) is 0 Å². The van der Waals surface area contributed by atoms with Gasteiger partial charge in [0, 0.05) is 20.3 Å². The van der Waals surface area contributed by atoms with Crippen LogP contribution in [0.5, 0.6) is 0 Å². The fourth-order valence-electron chi connectivity index (χ4n) is 1.30. The number of anilines is 1. The monoisotopic (exact) mass is 161 g/mol. The van der Waals surface area contributed by atoms with E-state index in [1.165, 1.54) is 5.52 Å². The Morgan fingerprint density at radius 1 is 1.42 bits per heavy atom. The van der Waals surface area contributed by atoms with Gasteiger partial charge < -0.3 is 9.30 Å². The topological polar surface area (TPSA) is 20.5 Å². The van der Waals surface area contributed by atoms with Gasteiger partial charge in [0.15, 0.2) is 0 Å². The highest BCUT2D eigenvalue weighted by atomic mass is 15.1. The van der Waals surface area contributed by atoms with E-state index in [2.05, 4.69) is 16.0 Å². The van der Waals surface area contributed by atoms with Crippen molar-refractivity contribution in [3.05, 3.63) is 30.9 Å². The Kier molecular flexibility index (Phi) is 1.50. The predicted molar refractivity (Wildman–Crippen MR) is 49.5 cm³/mol. The lowest BCUT2D eigenvalue weighted by molar-refractivity contribution is 1.05.